The molecule has 6 nitrogen and oxygen atoms in total. The van der Waals surface area contributed by atoms with Gasteiger partial charge in [-0.15, -0.1) is 0 Å². The predicted octanol–water partition coefficient (Wildman–Crippen LogP) is 2.40. The summed E-state index contributed by atoms with van der Waals surface area (Å²) in [5, 5.41) is 3.32. The van der Waals surface area contributed by atoms with Crippen LogP contribution in [-0.4, -0.2) is 45.5 Å². The molecule has 25 heavy (non-hydrogen) atoms. The standard InChI is InChI=1S/C17H26N2O4S2/c1-3-18-17(20)15-12-14(8-9-16(15)23-2)25(21,22)19-10-11-24-13-6-4-5-7-13/h8-9,12-13,19H,3-7,10-11H2,1-2H3,(H,18,20). The number of nitrogens with one attached hydrogen (secondary N) is 2. The second-order valence-electron chi connectivity index (χ2n) is 5.90. The zero-order chi connectivity index (χ0) is 18.3. The van der Waals surface area contributed by atoms with Crippen LogP contribution >= 0.6 is 11.8 Å². The van der Waals surface area contributed by atoms with Crippen LogP contribution in [0.2, 0.25) is 0 Å². The zero-order valence-electron chi connectivity index (χ0n) is 14.7. The number of benzene rings is 1. The predicted molar refractivity (Wildman–Crippen MR) is 101 cm³/mol. The van der Waals surface area contributed by atoms with Gasteiger partial charge in [-0.3, -0.25) is 4.79 Å². The first-order valence-corrected chi connectivity index (χ1v) is 11.1. The molecule has 2 N–H and O–H groups in total. The van der Waals surface area contributed by atoms with Crippen molar-refractivity contribution in [2.75, 3.05) is 26.0 Å². The van der Waals surface area contributed by atoms with E-state index in [2.05, 4.69) is 10.0 Å². The Morgan fingerprint density at radius 3 is 2.68 bits per heavy atom. The van der Waals surface area contributed by atoms with Crippen molar-refractivity contribution in [3.05, 3.63) is 23.8 Å². The molecule has 1 aliphatic rings. The first-order valence-electron chi connectivity index (χ1n) is 8.55. The number of sulfonamides is 1. The fourth-order valence-corrected chi connectivity index (χ4v) is 5.23. The van der Waals surface area contributed by atoms with E-state index < -0.39 is 10.0 Å². The van der Waals surface area contributed by atoms with Gasteiger partial charge < -0.3 is 10.1 Å². The van der Waals surface area contributed by atoms with Gasteiger partial charge in [0.2, 0.25) is 10.0 Å². The van der Waals surface area contributed by atoms with Crippen molar-refractivity contribution < 1.29 is 17.9 Å². The number of carbonyl (C=O) groups excluding carboxylic acids is 1. The summed E-state index contributed by atoms with van der Waals surface area (Å²) in [6.07, 6.45) is 5.01. The monoisotopic (exact) mass is 386 g/mol. The van der Waals surface area contributed by atoms with E-state index in [4.69, 9.17) is 4.74 Å². The molecule has 0 aliphatic heterocycles. The van der Waals surface area contributed by atoms with Crippen molar-refractivity contribution in [1.82, 2.24) is 10.0 Å². The molecule has 1 aromatic rings. The van der Waals surface area contributed by atoms with E-state index in [1.54, 1.807) is 6.92 Å². The third kappa shape index (κ3) is 5.62. The minimum absolute atomic E-state index is 0.0698. The lowest BCUT2D eigenvalue weighted by molar-refractivity contribution is 0.0952. The Morgan fingerprint density at radius 2 is 2.04 bits per heavy atom. The van der Waals surface area contributed by atoms with E-state index in [1.165, 1.54) is 51.0 Å². The molecule has 0 bridgehead atoms. The molecule has 0 spiro atoms. The molecule has 1 aliphatic carbocycles. The van der Waals surface area contributed by atoms with Gasteiger partial charge in [0.05, 0.1) is 17.6 Å². The van der Waals surface area contributed by atoms with Crippen molar-refractivity contribution >= 4 is 27.7 Å². The summed E-state index contributed by atoms with van der Waals surface area (Å²) >= 11 is 1.83. The van der Waals surface area contributed by atoms with Crippen LogP contribution < -0.4 is 14.8 Å². The Balaban J connectivity index is 2.02. The molecular formula is C17H26N2O4S2. The molecule has 1 amide bonds. The average Bonchev–Trinajstić information content (AvgIpc) is 3.12. The number of hydrogen-bond donors (Lipinski definition) is 2. The summed E-state index contributed by atoms with van der Waals surface area (Å²) in [7, 11) is -2.20. The van der Waals surface area contributed by atoms with E-state index in [0.29, 0.717) is 24.1 Å². The van der Waals surface area contributed by atoms with Crippen LogP contribution in [0.5, 0.6) is 5.75 Å². The molecule has 2 rings (SSSR count). The summed E-state index contributed by atoms with van der Waals surface area (Å²) < 4.78 is 32.7. The van der Waals surface area contributed by atoms with Crippen LogP contribution in [0.4, 0.5) is 0 Å². The van der Waals surface area contributed by atoms with E-state index >= 15 is 0 Å². The van der Waals surface area contributed by atoms with Gasteiger partial charge in [0, 0.05) is 24.1 Å². The van der Waals surface area contributed by atoms with E-state index in [-0.39, 0.29) is 16.4 Å². The largest absolute Gasteiger partial charge is 0.496 e. The Kier molecular flexibility index (Phi) is 7.58. The van der Waals surface area contributed by atoms with Crippen LogP contribution in [0.3, 0.4) is 0 Å². The summed E-state index contributed by atoms with van der Waals surface area (Å²) in [6.45, 7) is 2.64. The van der Waals surface area contributed by atoms with Gasteiger partial charge in [0.25, 0.3) is 5.91 Å². The smallest absolute Gasteiger partial charge is 0.255 e. The van der Waals surface area contributed by atoms with Gasteiger partial charge in [0.15, 0.2) is 0 Å². The maximum Gasteiger partial charge on any atom is 0.255 e. The molecule has 1 fully saturated rings. The van der Waals surface area contributed by atoms with E-state index in [0.717, 1.165) is 5.75 Å². The van der Waals surface area contributed by atoms with E-state index in [1.807, 2.05) is 11.8 Å². The molecule has 0 atom stereocenters. The maximum absolute atomic E-state index is 12.5. The Bertz CT molecular complexity index is 686. The number of thioether (sulfide) groups is 1. The first-order chi connectivity index (χ1) is 12.0. The Morgan fingerprint density at radius 1 is 1.32 bits per heavy atom. The minimum Gasteiger partial charge on any atom is -0.496 e. The lowest BCUT2D eigenvalue weighted by atomic mass is 10.2. The lowest BCUT2D eigenvalue weighted by Gasteiger charge is -2.12. The SMILES string of the molecule is CCNC(=O)c1cc(S(=O)(=O)NCCSC2CCCC2)ccc1OC. The fraction of sp³-hybridized carbons (Fsp3) is 0.588. The lowest BCUT2D eigenvalue weighted by Crippen LogP contribution is -2.27. The maximum atomic E-state index is 12.5. The molecule has 1 aromatic carbocycles. The molecular weight excluding hydrogens is 360 g/mol. The summed E-state index contributed by atoms with van der Waals surface area (Å²) in [5.41, 5.74) is 0.215. The van der Waals surface area contributed by atoms with Gasteiger partial charge in [-0.1, -0.05) is 12.8 Å². The minimum atomic E-state index is -3.65. The number of methoxy groups -OCH3 is 1. The van der Waals surface area contributed by atoms with Gasteiger partial charge in [-0.25, -0.2) is 13.1 Å². The van der Waals surface area contributed by atoms with Crippen LogP contribution in [-0.2, 0) is 10.0 Å². The zero-order valence-corrected chi connectivity index (χ0v) is 16.3. The van der Waals surface area contributed by atoms with Crippen LogP contribution in [0.15, 0.2) is 23.1 Å². The molecule has 8 heteroatoms. The number of amides is 1. The molecule has 0 aromatic heterocycles. The topological polar surface area (TPSA) is 84.5 Å². The molecule has 0 heterocycles. The highest BCUT2D eigenvalue weighted by Crippen LogP contribution is 2.29. The summed E-state index contributed by atoms with van der Waals surface area (Å²) in [5.74, 6) is 0.748. The first kappa shape index (κ1) is 20.1. The van der Waals surface area contributed by atoms with Gasteiger partial charge in [0.1, 0.15) is 5.75 Å². The van der Waals surface area contributed by atoms with Crippen molar-refractivity contribution in [2.45, 2.75) is 42.8 Å². The van der Waals surface area contributed by atoms with Crippen LogP contribution in [0.1, 0.15) is 43.0 Å². The number of rotatable bonds is 9. The van der Waals surface area contributed by atoms with Gasteiger partial charge >= 0.3 is 0 Å². The third-order valence-corrected chi connectivity index (χ3v) is 6.95. The number of ether oxygens (including phenoxy) is 1. The van der Waals surface area contributed by atoms with Crippen molar-refractivity contribution in [3.63, 3.8) is 0 Å². The highest BCUT2D eigenvalue weighted by molar-refractivity contribution is 8.00. The van der Waals surface area contributed by atoms with Gasteiger partial charge in [-0.2, -0.15) is 11.8 Å². The van der Waals surface area contributed by atoms with Gasteiger partial charge in [-0.05, 0) is 38.0 Å². The van der Waals surface area contributed by atoms with E-state index in [9.17, 15) is 13.2 Å². The van der Waals surface area contributed by atoms with Crippen molar-refractivity contribution in [1.29, 1.82) is 0 Å². The quantitative estimate of drug-likeness (QED) is 0.637. The molecule has 0 unspecified atom stereocenters. The highest BCUT2D eigenvalue weighted by Gasteiger charge is 2.20. The number of hydrogen-bond acceptors (Lipinski definition) is 5. The van der Waals surface area contributed by atoms with Crippen molar-refractivity contribution in [2.24, 2.45) is 0 Å². The Hall–Kier alpha value is -1.25. The average molecular weight is 387 g/mol. The molecule has 140 valence electrons. The van der Waals surface area contributed by atoms with Crippen LogP contribution in [0.25, 0.3) is 0 Å². The third-order valence-electron chi connectivity index (χ3n) is 4.11. The Labute approximate surface area is 154 Å². The van der Waals surface area contributed by atoms with Crippen molar-refractivity contribution in [3.8, 4) is 5.75 Å². The second kappa shape index (κ2) is 9.45. The summed E-state index contributed by atoms with van der Waals surface area (Å²) in [6, 6.07) is 4.32. The van der Waals surface area contributed by atoms with Crippen LogP contribution in [0, 0.1) is 0 Å². The molecule has 1 saturated carbocycles. The normalized spacial score (nSPS) is 15.3. The summed E-state index contributed by atoms with van der Waals surface area (Å²) in [4.78, 5) is 12.2. The fourth-order valence-electron chi connectivity index (χ4n) is 2.83. The highest BCUT2D eigenvalue weighted by atomic mass is 32.2. The second-order valence-corrected chi connectivity index (χ2v) is 9.07. The number of carbonyl (C=O) groups is 1. The molecule has 0 saturated heterocycles. The molecule has 0 radical (unpaired) electrons.